The second-order valence-corrected chi connectivity index (χ2v) is 6.66. The predicted molar refractivity (Wildman–Crippen MR) is 94.6 cm³/mol. The summed E-state index contributed by atoms with van der Waals surface area (Å²) in [7, 11) is 0. The topological polar surface area (TPSA) is 66.0 Å². The summed E-state index contributed by atoms with van der Waals surface area (Å²) in [5, 5.41) is 8.63. The first kappa shape index (κ1) is 16.8. The standard InChI is InChI=1S/C16H14BrFN4OS/c17-12-6-2-1-5-11(12)10-24-16-21-20-15(22(16)19)9-23-14-8-4-3-7-13(14)18/h1-8H,9-10,19H2. The van der Waals surface area contributed by atoms with E-state index in [1.807, 2.05) is 24.3 Å². The predicted octanol–water partition coefficient (Wildman–Crippen LogP) is 3.76. The van der Waals surface area contributed by atoms with Crippen LogP contribution in [0.4, 0.5) is 4.39 Å². The molecule has 2 N–H and O–H groups in total. The van der Waals surface area contributed by atoms with E-state index in [1.54, 1.807) is 18.2 Å². The Labute approximate surface area is 151 Å². The van der Waals surface area contributed by atoms with E-state index in [0.717, 1.165) is 10.0 Å². The maximum atomic E-state index is 13.5. The molecule has 0 unspecified atom stereocenters. The minimum Gasteiger partial charge on any atom is -0.482 e. The molecule has 0 amide bonds. The lowest BCUT2D eigenvalue weighted by molar-refractivity contribution is 0.277. The van der Waals surface area contributed by atoms with Gasteiger partial charge in [-0.15, -0.1) is 10.2 Å². The van der Waals surface area contributed by atoms with Crippen molar-refractivity contribution in [3.05, 3.63) is 70.2 Å². The quantitative estimate of drug-likeness (QED) is 0.496. The van der Waals surface area contributed by atoms with Crippen LogP contribution in [0, 0.1) is 5.82 Å². The molecule has 0 aliphatic carbocycles. The van der Waals surface area contributed by atoms with Crippen molar-refractivity contribution in [2.75, 3.05) is 5.84 Å². The molecule has 0 radical (unpaired) electrons. The summed E-state index contributed by atoms with van der Waals surface area (Å²) in [6.45, 7) is 0.0417. The van der Waals surface area contributed by atoms with Crippen LogP contribution < -0.4 is 10.6 Å². The number of nitrogens with two attached hydrogens (primary N) is 1. The summed E-state index contributed by atoms with van der Waals surface area (Å²) in [6, 6.07) is 14.1. The average molecular weight is 409 g/mol. The summed E-state index contributed by atoms with van der Waals surface area (Å²) in [4.78, 5) is 0. The van der Waals surface area contributed by atoms with Gasteiger partial charge in [0.25, 0.3) is 0 Å². The molecule has 3 rings (SSSR count). The van der Waals surface area contributed by atoms with Gasteiger partial charge in [-0.1, -0.05) is 58.0 Å². The minimum atomic E-state index is -0.427. The van der Waals surface area contributed by atoms with Gasteiger partial charge in [-0.3, -0.25) is 0 Å². The van der Waals surface area contributed by atoms with Crippen molar-refractivity contribution in [3.63, 3.8) is 0 Å². The van der Waals surface area contributed by atoms with Crippen molar-refractivity contribution in [2.24, 2.45) is 0 Å². The number of hydrogen-bond acceptors (Lipinski definition) is 5. The van der Waals surface area contributed by atoms with Crippen LogP contribution in [-0.2, 0) is 12.4 Å². The van der Waals surface area contributed by atoms with Crippen LogP contribution in [0.15, 0.2) is 58.2 Å². The molecule has 0 aliphatic rings. The molecule has 0 saturated carbocycles. The molecule has 0 spiro atoms. The summed E-state index contributed by atoms with van der Waals surface area (Å²) < 4.78 is 21.3. The van der Waals surface area contributed by atoms with Crippen molar-refractivity contribution in [3.8, 4) is 5.75 Å². The van der Waals surface area contributed by atoms with E-state index in [9.17, 15) is 4.39 Å². The van der Waals surface area contributed by atoms with E-state index in [0.29, 0.717) is 16.7 Å². The van der Waals surface area contributed by atoms with E-state index in [2.05, 4.69) is 26.1 Å². The third-order valence-electron chi connectivity index (χ3n) is 3.24. The number of rotatable bonds is 6. The zero-order valence-electron chi connectivity index (χ0n) is 12.5. The smallest absolute Gasteiger partial charge is 0.210 e. The second kappa shape index (κ2) is 7.67. The number of nitrogen functional groups attached to an aromatic ring is 1. The summed E-state index contributed by atoms with van der Waals surface area (Å²) >= 11 is 4.97. The Hall–Kier alpha value is -2.06. The Morgan fingerprint density at radius 3 is 2.67 bits per heavy atom. The van der Waals surface area contributed by atoms with Crippen LogP contribution >= 0.6 is 27.7 Å². The normalized spacial score (nSPS) is 10.8. The van der Waals surface area contributed by atoms with Crippen LogP contribution in [0.5, 0.6) is 5.75 Å². The first-order valence-corrected chi connectivity index (χ1v) is 8.86. The lowest BCUT2D eigenvalue weighted by atomic mass is 10.2. The Bertz CT molecular complexity index is 775. The maximum absolute atomic E-state index is 13.5. The first-order chi connectivity index (χ1) is 11.6. The molecule has 0 aliphatic heterocycles. The fraction of sp³-hybridized carbons (Fsp3) is 0.125. The molecule has 0 bridgehead atoms. The van der Waals surface area contributed by atoms with Gasteiger partial charge >= 0.3 is 0 Å². The van der Waals surface area contributed by atoms with E-state index in [4.69, 9.17) is 10.6 Å². The largest absolute Gasteiger partial charge is 0.482 e. The van der Waals surface area contributed by atoms with Gasteiger partial charge in [0.1, 0.15) is 6.61 Å². The van der Waals surface area contributed by atoms with Gasteiger partial charge < -0.3 is 10.6 Å². The molecule has 0 fully saturated rings. The third kappa shape index (κ3) is 3.88. The Morgan fingerprint density at radius 2 is 1.88 bits per heavy atom. The van der Waals surface area contributed by atoms with Crippen molar-refractivity contribution < 1.29 is 9.13 Å². The van der Waals surface area contributed by atoms with E-state index < -0.39 is 5.82 Å². The highest BCUT2D eigenvalue weighted by molar-refractivity contribution is 9.10. The molecule has 3 aromatic rings. The molecule has 1 aromatic heterocycles. The van der Waals surface area contributed by atoms with Crippen molar-refractivity contribution >= 4 is 27.7 Å². The van der Waals surface area contributed by atoms with Gasteiger partial charge in [0.05, 0.1) is 0 Å². The highest BCUT2D eigenvalue weighted by Crippen LogP contribution is 2.25. The minimum absolute atomic E-state index is 0.0417. The Balaban J connectivity index is 1.63. The highest BCUT2D eigenvalue weighted by Gasteiger charge is 2.12. The molecular formula is C16H14BrFN4OS. The van der Waals surface area contributed by atoms with Gasteiger partial charge in [-0.2, -0.15) is 0 Å². The molecule has 2 aromatic carbocycles. The number of hydrogen-bond donors (Lipinski definition) is 1. The summed E-state index contributed by atoms with van der Waals surface area (Å²) in [6.07, 6.45) is 0. The second-order valence-electron chi connectivity index (χ2n) is 4.87. The number of aromatic nitrogens is 3. The van der Waals surface area contributed by atoms with Gasteiger partial charge in [-0.05, 0) is 23.8 Å². The van der Waals surface area contributed by atoms with Crippen LogP contribution in [0.2, 0.25) is 0 Å². The maximum Gasteiger partial charge on any atom is 0.210 e. The Morgan fingerprint density at radius 1 is 1.12 bits per heavy atom. The number of ether oxygens (including phenoxy) is 1. The number of para-hydroxylation sites is 1. The van der Waals surface area contributed by atoms with Crippen LogP contribution in [0.1, 0.15) is 11.4 Å². The van der Waals surface area contributed by atoms with E-state index in [-0.39, 0.29) is 12.4 Å². The summed E-state index contributed by atoms with van der Waals surface area (Å²) in [5.41, 5.74) is 1.13. The number of benzene rings is 2. The molecular weight excluding hydrogens is 395 g/mol. The lowest BCUT2D eigenvalue weighted by Gasteiger charge is -2.07. The van der Waals surface area contributed by atoms with E-state index >= 15 is 0 Å². The van der Waals surface area contributed by atoms with Crippen molar-refractivity contribution in [1.82, 2.24) is 14.9 Å². The van der Waals surface area contributed by atoms with Crippen LogP contribution in [0.3, 0.4) is 0 Å². The monoisotopic (exact) mass is 408 g/mol. The first-order valence-electron chi connectivity index (χ1n) is 7.08. The van der Waals surface area contributed by atoms with E-state index in [1.165, 1.54) is 22.5 Å². The molecule has 24 heavy (non-hydrogen) atoms. The fourth-order valence-electron chi connectivity index (χ4n) is 1.97. The zero-order valence-corrected chi connectivity index (χ0v) is 14.9. The summed E-state index contributed by atoms with van der Waals surface area (Å²) in [5.74, 6) is 6.85. The highest BCUT2D eigenvalue weighted by atomic mass is 79.9. The molecule has 1 heterocycles. The van der Waals surface area contributed by atoms with Gasteiger partial charge in [0.2, 0.25) is 5.16 Å². The fourth-order valence-corrected chi connectivity index (χ4v) is 3.46. The van der Waals surface area contributed by atoms with Crippen LogP contribution in [-0.4, -0.2) is 14.9 Å². The number of thioether (sulfide) groups is 1. The van der Waals surface area contributed by atoms with Crippen LogP contribution in [0.25, 0.3) is 0 Å². The molecule has 8 heteroatoms. The molecule has 0 saturated heterocycles. The van der Waals surface area contributed by atoms with Gasteiger partial charge in [-0.25, -0.2) is 9.07 Å². The average Bonchev–Trinajstić information content (AvgIpc) is 2.94. The van der Waals surface area contributed by atoms with Gasteiger partial charge in [0.15, 0.2) is 17.4 Å². The SMILES string of the molecule is Nn1c(COc2ccccc2F)nnc1SCc1ccccc1Br. The molecule has 0 atom stereocenters. The zero-order chi connectivity index (χ0) is 16.9. The molecule has 5 nitrogen and oxygen atoms in total. The number of nitrogens with zero attached hydrogens (tertiary/aromatic N) is 3. The Kier molecular flexibility index (Phi) is 5.37. The van der Waals surface area contributed by atoms with Crippen molar-refractivity contribution in [1.29, 1.82) is 0 Å². The third-order valence-corrected chi connectivity index (χ3v) is 5.01. The lowest BCUT2D eigenvalue weighted by Crippen LogP contribution is -2.16. The molecule has 124 valence electrons. The van der Waals surface area contributed by atoms with Crippen molar-refractivity contribution in [2.45, 2.75) is 17.5 Å². The number of halogens is 2. The van der Waals surface area contributed by atoms with Gasteiger partial charge in [0, 0.05) is 10.2 Å².